The number of nitrogens with one attached hydrogen (secondary N) is 1. The molecule has 0 amide bonds. The van der Waals surface area contributed by atoms with Crippen LogP contribution in [0, 0.1) is 0 Å². The Kier molecular flexibility index (Phi) is 7.47. The van der Waals surface area contributed by atoms with Crippen molar-refractivity contribution >= 4 is 44.0 Å². The highest BCUT2D eigenvalue weighted by Gasteiger charge is 2.22. The summed E-state index contributed by atoms with van der Waals surface area (Å²) in [5.41, 5.74) is 11.7. The van der Waals surface area contributed by atoms with Crippen molar-refractivity contribution < 1.29 is 0 Å². The van der Waals surface area contributed by atoms with E-state index in [9.17, 15) is 0 Å². The van der Waals surface area contributed by atoms with Crippen molar-refractivity contribution in [2.75, 3.05) is 0 Å². The van der Waals surface area contributed by atoms with Gasteiger partial charge >= 0.3 is 0 Å². The molecule has 0 saturated carbocycles. The smallest absolute Gasteiger partial charge is 0.145 e. The second-order valence-electron chi connectivity index (χ2n) is 13.3. The van der Waals surface area contributed by atoms with Gasteiger partial charge in [-0.1, -0.05) is 146 Å². The van der Waals surface area contributed by atoms with Crippen LogP contribution in [0.25, 0.3) is 66.5 Å². The minimum absolute atomic E-state index is 0.221. The number of aliphatic imine (C=N–C) groups is 1. The summed E-state index contributed by atoms with van der Waals surface area (Å²) in [7, 11) is 0. The molecule has 1 N–H and O–H groups in total. The van der Waals surface area contributed by atoms with Crippen LogP contribution in [0.4, 0.5) is 0 Å². The number of fused-ring (bicyclic) bond motifs is 6. The van der Waals surface area contributed by atoms with Gasteiger partial charge in [-0.25, -0.2) is 4.98 Å². The van der Waals surface area contributed by atoms with E-state index in [1.807, 2.05) is 30.6 Å². The van der Waals surface area contributed by atoms with Crippen molar-refractivity contribution in [1.82, 2.24) is 19.9 Å². The Morgan fingerprint density at radius 3 is 1.83 bits per heavy atom. The van der Waals surface area contributed by atoms with E-state index in [2.05, 4.69) is 173 Å². The lowest BCUT2D eigenvalue weighted by Gasteiger charge is -2.25. The van der Waals surface area contributed by atoms with Gasteiger partial charge in [-0.2, -0.15) is 0 Å². The molecule has 0 fully saturated rings. The normalized spacial score (nSPS) is 14.2. The van der Waals surface area contributed by atoms with E-state index >= 15 is 0 Å². The first-order valence-electron chi connectivity index (χ1n) is 17.9. The van der Waals surface area contributed by atoms with Gasteiger partial charge in [0.05, 0.1) is 16.7 Å². The highest BCUT2D eigenvalue weighted by molar-refractivity contribution is 6.24. The van der Waals surface area contributed by atoms with E-state index in [1.54, 1.807) is 0 Å². The molecule has 1 aliphatic heterocycles. The van der Waals surface area contributed by atoms with E-state index in [4.69, 9.17) is 9.98 Å². The molecular formula is C48H33N5. The monoisotopic (exact) mass is 679 g/mol. The number of imidazole rings is 1. The summed E-state index contributed by atoms with van der Waals surface area (Å²) in [6.07, 6.45) is 5.55. The van der Waals surface area contributed by atoms with Crippen LogP contribution in [0.5, 0.6) is 0 Å². The Bertz CT molecular complexity index is 2840. The molecule has 0 bridgehead atoms. The van der Waals surface area contributed by atoms with Crippen molar-refractivity contribution in [3.63, 3.8) is 0 Å². The Morgan fingerprint density at radius 2 is 1.09 bits per heavy atom. The van der Waals surface area contributed by atoms with Crippen LogP contribution >= 0.6 is 0 Å². The van der Waals surface area contributed by atoms with Crippen LogP contribution in [-0.4, -0.2) is 20.2 Å². The Labute approximate surface area is 307 Å². The Morgan fingerprint density at radius 1 is 0.491 bits per heavy atom. The number of allylic oxidation sites excluding steroid dienone is 1. The quantitative estimate of drug-likeness (QED) is 0.178. The molecule has 0 saturated heterocycles. The number of benzene rings is 7. The number of hydrogen-bond acceptors (Lipinski definition) is 4. The second-order valence-corrected chi connectivity index (χ2v) is 13.3. The average molecular weight is 680 g/mol. The molecule has 3 heterocycles. The van der Waals surface area contributed by atoms with Crippen molar-refractivity contribution in [3.8, 4) is 28.2 Å². The summed E-state index contributed by atoms with van der Waals surface area (Å²) < 4.78 is 2.34. The SMILES string of the molecule is C1=C(c2ccc(-c3cccc(-n4c(-c5ccccc5)nc5c6ccccc6c6ccccc6c54)c3)cc2)NC(c2ccncc2)N=C1c1ccccc1. The van der Waals surface area contributed by atoms with Gasteiger partial charge in [-0.05, 0) is 68.9 Å². The first-order valence-corrected chi connectivity index (χ1v) is 17.9. The van der Waals surface area contributed by atoms with Crippen LogP contribution < -0.4 is 5.32 Å². The third-order valence-electron chi connectivity index (χ3n) is 10.1. The molecule has 0 aliphatic carbocycles. The maximum atomic E-state index is 5.40. The molecule has 0 radical (unpaired) electrons. The molecule has 1 atom stereocenters. The van der Waals surface area contributed by atoms with Gasteiger partial charge in [0.2, 0.25) is 0 Å². The molecule has 1 unspecified atom stereocenters. The molecule has 250 valence electrons. The molecule has 9 aromatic rings. The lowest BCUT2D eigenvalue weighted by Crippen LogP contribution is -2.24. The van der Waals surface area contributed by atoms with Crippen LogP contribution in [0.3, 0.4) is 0 Å². The minimum Gasteiger partial charge on any atom is -0.360 e. The van der Waals surface area contributed by atoms with Gasteiger partial charge < -0.3 is 5.32 Å². The topological polar surface area (TPSA) is 55.1 Å². The lowest BCUT2D eigenvalue weighted by molar-refractivity contribution is 0.663. The lowest BCUT2D eigenvalue weighted by atomic mass is 9.99. The fourth-order valence-corrected chi connectivity index (χ4v) is 7.58. The highest BCUT2D eigenvalue weighted by Crippen LogP contribution is 2.39. The first-order chi connectivity index (χ1) is 26.3. The number of aromatic nitrogens is 3. The van der Waals surface area contributed by atoms with Gasteiger partial charge in [0.15, 0.2) is 0 Å². The van der Waals surface area contributed by atoms with Gasteiger partial charge in [0.1, 0.15) is 12.0 Å². The van der Waals surface area contributed by atoms with Crippen LogP contribution in [0.1, 0.15) is 22.9 Å². The van der Waals surface area contributed by atoms with Crippen LogP contribution in [-0.2, 0) is 0 Å². The first kappa shape index (κ1) is 30.7. The van der Waals surface area contributed by atoms with E-state index < -0.39 is 0 Å². The molecular weight excluding hydrogens is 647 g/mol. The molecule has 1 aliphatic rings. The molecule has 0 spiro atoms. The summed E-state index contributed by atoms with van der Waals surface area (Å²) in [6, 6.07) is 59.8. The third kappa shape index (κ3) is 5.47. The number of pyridine rings is 1. The van der Waals surface area contributed by atoms with Gasteiger partial charge in [0.25, 0.3) is 0 Å². The number of nitrogens with zero attached hydrogens (tertiary/aromatic N) is 4. The summed E-state index contributed by atoms with van der Waals surface area (Å²) in [6.45, 7) is 0. The van der Waals surface area contributed by atoms with Crippen molar-refractivity contribution in [2.24, 2.45) is 4.99 Å². The highest BCUT2D eigenvalue weighted by atomic mass is 15.1. The zero-order valence-corrected chi connectivity index (χ0v) is 28.8. The molecule has 53 heavy (non-hydrogen) atoms. The average Bonchev–Trinajstić information content (AvgIpc) is 3.66. The van der Waals surface area contributed by atoms with Gasteiger partial charge in [-0.3, -0.25) is 14.5 Å². The fourth-order valence-electron chi connectivity index (χ4n) is 7.58. The zero-order chi connectivity index (χ0) is 35.1. The molecule has 7 aromatic carbocycles. The third-order valence-corrected chi connectivity index (χ3v) is 10.1. The zero-order valence-electron chi connectivity index (χ0n) is 28.8. The summed E-state index contributed by atoms with van der Waals surface area (Å²) in [4.78, 5) is 14.7. The predicted molar refractivity (Wildman–Crippen MR) is 218 cm³/mol. The maximum absolute atomic E-state index is 5.40. The Hall–Kier alpha value is -7.11. The maximum Gasteiger partial charge on any atom is 0.145 e. The van der Waals surface area contributed by atoms with Gasteiger partial charge in [0, 0.05) is 40.1 Å². The summed E-state index contributed by atoms with van der Waals surface area (Å²) in [5.74, 6) is 0.921. The second kappa shape index (κ2) is 12.9. The summed E-state index contributed by atoms with van der Waals surface area (Å²) in [5, 5.41) is 8.45. The Balaban J connectivity index is 1.08. The standard InChI is InChI=1S/C48H33N5/c1-3-12-33(13-4-1)43-31-44(51-47(50-43)35-26-28-49-29-27-35)34-24-22-32(23-25-34)37-16-11-17-38(30-37)53-46-42-21-10-8-19-40(42)39-18-7-9-20-41(39)45(46)52-48(53)36-14-5-2-6-15-36/h1-31,47,51H. The number of hydrogen-bond donors (Lipinski definition) is 1. The largest absolute Gasteiger partial charge is 0.360 e. The fraction of sp³-hybridized carbons (Fsp3) is 0.0208. The molecule has 2 aromatic heterocycles. The molecule has 5 nitrogen and oxygen atoms in total. The van der Waals surface area contributed by atoms with Gasteiger partial charge in [-0.15, -0.1) is 0 Å². The van der Waals surface area contributed by atoms with E-state index in [0.717, 1.165) is 72.7 Å². The van der Waals surface area contributed by atoms with Crippen molar-refractivity contribution in [3.05, 3.63) is 205 Å². The van der Waals surface area contributed by atoms with Crippen molar-refractivity contribution in [2.45, 2.75) is 6.17 Å². The van der Waals surface area contributed by atoms with Crippen LogP contribution in [0.2, 0.25) is 0 Å². The van der Waals surface area contributed by atoms with Crippen LogP contribution in [0.15, 0.2) is 193 Å². The van der Waals surface area contributed by atoms with Crippen molar-refractivity contribution in [1.29, 1.82) is 0 Å². The molecule has 5 heteroatoms. The minimum atomic E-state index is -0.221. The molecule has 10 rings (SSSR count). The number of rotatable bonds is 6. The van der Waals surface area contributed by atoms with E-state index in [0.29, 0.717) is 0 Å². The predicted octanol–water partition coefficient (Wildman–Crippen LogP) is 11.2. The van der Waals surface area contributed by atoms with E-state index in [1.165, 1.54) is 16.2 Å². The summed E-state index contributed by atoms with van der Waals surface area (Å²) >= 11 is 0. The van der Waals surface area contributed by atoms with E-state index in [-0.39, 0.29) is 6.17 Å².